The van der Waals surface area contributed by atoms with Gasteiger partial charge >= 0.3 is 0 Å². The van der Waals surface area contributed by atoms with Crippen LogP contribution in [0.25, 0.3) is 0 Å². The van der Waals surface area contributed by atoms with Gasteiger partial charge in [-0.25, -0.2) is 0 Å². The van der Waals surface area contributed by atoms with Crippen molar-refractivity contribution in [2.75, 3.05) is 18.5 Å². The van der Waals surface area contributed by atoms with E-state index in [1.165, 1.54) is 0 Å². The third-order valence-electron chi connectivity index (χ3n) is 3.69. The number of hydrogen-bond donors (Lipinski definition) is 2. The Hall–Kier alpha value is -2.54. The standard InChI is InChI=1S/C18H17BrN2O4/c1-11-8-12(19)6-7-13(11)21-17(22)9-20-18(23)16-10-24-14-4-2-3-5-15(14)25-16/h2-8,16H,9-10H2,1H3,(H,20,23)(H,21,22)/t16-/m0/s1. The maximum absolute atomic E-state index is 12.2. The largest absolute Gasteiger partial charge is 0.485 e. The van der Waals surface area contributed by atoms with E-state index in [1.807, 2.05) is 25.1 Å². The van der Waals surface area contributed by atoms with E-state index in [0.29, 0.717) is 17.2 Å². The van der Waals surface area contributed by atoms with E-state index in [-0.39, 0.29) is 19.1 Å². The first kappa shape index (κ1) is 17.3. The molecule has 6 nitrogen and oxygen atoms in total. The minimum atomic E-state index is -0.780. The molecule has 130 valence electrons. The van der Waals surface area contributed by atoms with Gasteiger partial charge in [-0.2, -0.15) is 0 Å². The Bertz CT molecular complexity index is 809. The van der Waals surface area contributed by atoms with E-state index in [9.17, 15) is 9.59 Å². The van der Waals surface area contributed by atoms with E-state index in [1.54, 1.807) is 24.3 Å². The maximum Gasteiger partial charge on any atom is 0.265 e. The predicted molar refractivity (Wildman–Crippen MR) is 96.9 cm³/mol. The molecule has 0 unspecified atom stereocenters. The minimum absolute atomic E-state index is 0.107. The zero-order chi connectivity index (χ0) is 17.8. The molecular weight excluding hydrogens is 388 g/mol. The second kappa shape index (κ2) is 7.57. The van der Waals surface area contributed by atoms with E-state index < -0.39 is 12.0 Å². The van der Waals surface area contributed by atoms with Crippen molar-refractivity contribution < 1.29 is 19.1 Å². The van der Waals surface area contributed by atoms with Gasteiger partial charge in [0.25, 0.3) is 5.91 Å². The number of hydrogen-bond acceptors (Lipinski definition) is 4. The molecule has 25 heavy (non-hydrogen) atoms. The first-order valence-corrected chi connectivity index (χ1v) is 8.54. The summed E-state index contributed by atoms with van der Waals surface area (Å²) in [4.78, 5) is 24.2. The van der Waals surface area contributed by atoms with Crippen LogP contribution < -0.4 is 20.1 Å². The number of anilines is 1. The topological polar surface area (TPSA) is 76.7 Å². The summed E-state index contributed by atoms with van der Waals surface area (Å²) in [5, 5.41) is 5.33. The molecule has 2 amide bonds. The summed E-state index contributed by atoms with van der Waals surface area (Å²) in [6.45, 7) is 1.86. The van der Waals surface area contributed by atoms with Gasteiger partial charge in [0.1, 0.15) is 6.61 Å². The Morgan fingerprint density at radius 1 is 1.20 bits per heavy atom. The average Bonchev–Trinajstić information content (AvgIpc) is 2.61. The smallest absolute Gasteiger partial charge is 0.265 e. The molecular formula is C18H17BrN2O4. The fourth-order valence-corrected chi connectivity index (χ4v) is 2.87. The van der Waals surface area contributed by atoms with Crippen LogP contribution in [0.3, 0.4) is 0 Å². The van der Waals surface area contributed by atoms with Crippen LogP contribution in [0.1, 0.15) is 5.56 Å². The summed E-state index contributed by atoms with van der Waals surface area (Å²) in [5.74, 6) is 0.423. The minimum Gasteiger partial charge on any atom is -0.485 e. The van der Waals surface area contributed by atoms with Gasteiger partial charge in [-0.05, 0) is 42.8 Å². The van der Waals surface area contributed by atoms with Gasteiger partial charge in [0, 0.05) is 10.2 Å². The molecule has 0 bridgehead atoms. The molecule has 2 aromatic carbocycles. The number of carbonyl (C=O) groups is 2. The SMILES string of the molecule is Cc1cc(Br)ccc1NC(=O)CNC(=O)[C@@H]1COc2ccccc2O1. The lowest BCUT2D eigenvalue weighted by molar-refractivity contribution is -0.131. The highest BCUT2D eigenvalue weighted by Crippen LogP contribution is 2.30. The Balaban J connectivity index is 1.51. The molecule has 1 atom stereocenters. The third kappa shape index (κ3) is 4.30. The summed E-state index contributed by atoms with van der Waals surface area (Å²) < 4.78 is 12.0. The van der Waals surface area contributed by atoms with Gasteiger partial charge in [0.2, 0.25) is 12.0 Å². The summed E-state index contributed by atoms with van der Waals surface area (Å²) in [6, 6.07) is 12.7. The Kier molecular flexibility index (Phi) is 5.23. The van der Waals surface area contributed by atoms with E-state index in [0.717, 1.165) is 10.0 Å². The van der Waals surface area contributed by atoms with Crippen LogP contribution in [0.5, 0.6) is 11.5 Å². The number of nitrogens with one attached hydrogen (secondary N) is 2. The number of halogens is 1. The Labute approximate surface area is 153 Å². The van der Waals surface area contributed by atoms with Crippen molar-refractivity contribution in [3.05, 3.63) is 52.5 Å². The zero-order valence-corrected chi connectivity index (χ0v) is 15.1. The molecule has 0 saturated heterocycles. The number of amides is 2. The third-order valence-corrected chi connectivity index (χ3v) is 4.18. The molecule has 1 aliphatic rings. The first-order valence-electron chi connectivity index (χ1n) is 7.75. The van der Waals surface area contributed by atoms with Crippen molar-refractivity contribution in [2.45, 2.75) is 13.0 Å². The lowest BCUT2D eigenvalue weighted by Crippen LogP contribution is -2.46. The number of fused-ring (bicyclic) bond motifs is 1. The maximum atomic E-state index is 12.2. The monoisotopic (exact) mass is 404 g/mol. The molecule has 0 aliphatic carbocycles. The molecule has 0 spiro atoms. The van der Waals surface area contributed by atoms with Crippen molar-refractivity contribution >= 4 is 33.4 Å². The summed E-state index contributed by atoms with van der Waals surface area (Å²) >= 11 is 3.37. The van der Waals surface area contributed by atoms with E-state index >= 15 is 0 Å². The lowest BCUT2D eigenvalue weighted by atomic mass is 10.2. The highest BCUT2D eigenvalue weighted by atomic mass is 79.9. The molecule has 2 aromatic rings. The van der Waals surface area contributed by atoms with Crippen LogP contribution in [0, 0.1) is 6.92 Å². The van der Waals surface area contributed by atoms with E-state index in [2.05, 4.69) is 26.6 Å². The van der Waals surface area contributed by atoms with Gasteiger partial charge in [0.05, 0.1) is 6.54 Å². The van der Waals surface area contributed by atoms with Crippen molar-refractivity contribution in [1.29, 1.82) is 0 Å². The first-order chi connectivity index (χ1) is 12.0. The molecule has 1 heterocycles. The van der Waals surface area contributed by atoms with Crippen LogP contribution in [0.15, 0.2) is 46.9 Å². The van der Waals surface area contributed by atoms with Crippen molar-refractivity contribution in [2.24, 2.45) is 0 Å². The quantitative estimate of drug-likeness (QED) is 0.820. The van der Waals surface area contributed by atoms with Crippen LogP contribution in [-0.2, 0) is 9.59 Å². The molecule has 0 radical (unpaired) electrons. The number of ether oxygens (including phenoxy) is 2. The van der Waals surface area contributed by atoms with Gasteiger partial charge < -0.3 is 20.1 Å². The molecule has 7 heteroatoms. The number of aryl methyl sites for hydroxylation is 1. The predicted octanol–water partition coefficient (Wildman–Crippen LogP) is 2.65. The fraction of sp³-hybridized carbons (Fsp3) is 0.222. The second-order valence-corrected chi connectivity index (χ2v) is 6.51. The number of para-hydroxylation sites is 2. The van der Waals surface area contributed by atoms with Crippen molar-refractivity contribution in [1.82, 2.24) is 5.32 Å². The molecule has 0 aromatic heterocycles. The summed E-state index contributed by atoms with van der Waals surface area (Å²) in [5.41, 5.74) is 1.63. The molecule has 3 rings (SSSR count). The van der Waals surface area contributed by atoms with Crippen molar-refractivity contribution in [3.63, 3.8) is 0 Å². The molecule has 1 aliphatic heterocycles. The van der Waals surface area contributed by atoms with Crippen LogP contribution >= 0.6 is 15.9 Å². The number of benzene rings is 2. The summed E-state index contributed by atoms with van der Waals surface area (Å²) in [6.07, 6.45) is -0.780. The van der Waals surface area contributed by atoms with E-state index in [4.69, 9.17) is 9.47 Å². The van der Waals surface area contributed by atoms with Crippen LogP contribution in [0.4, 0.5) is 5.69 Å². The van der Waals surface area contributed by atoms with Crippen molar-refractivity contribution in [3.8, 4) is 11.5 Å². The molecule has 0 fully saturated rings. The van der Waals surface area contributed by atoms with Gasteiger partial charge in [-0.15, -0.1) is 0 Å². The van der Waals surface area contributed by atoms with Crippen LogP contribution in [0.2, 0.25) is 0 Å². The van der Waals surface area contributed by atoms with Gasteiger partial charge in [-0.3, -0.25) is 9.59 Å². The van der Waals surface area contributed by atoms with Crippen LogP contribution in [-0.4, -0.2) is 31.1 Å². The molecule has 2 N–H and O–H groups in total. The summed E-state index contributed by atoms with van der Waals surface area (Å²) in [7, 11) is 0. The zero-order valence-electron chi connectivity index (χ0n) is 13.5. The average molecular weight is 405 g/mol. The Morgan fingerprint density at radius 2 is 1.96 bits per heavy atom. The van der Waals surface area contributed by atoms with Gasteiger partial charge in [0.15, 0.2) is 11.5 Å². The highest BCUT2D eigenvalue weighted by molar-refractivity contribution is 9.10. The normalized spacial score (nSPS) is 15.4. The Morgan fingerprint density at radius 3 is 2.72 bits per heavy atom. The van der Waals surface area contributed by atoms with Gasteiger partial charge in [-0.1, -0.05) is 28.1 Å². The number of carbonyl (C=O) groups excluding carboxylic acids is 2. The number of rotatable bonds is 4. The highest BCUT2D eigenvalue weighted by Gasteiger charge is 2.27. The fourth-order valence-electron chi connectivity index (χ4n) is 2.39. The molecule has 0 saturated carbocycles. The second-order valence-electron chi connectivity index (χ2n) is 5.59. The lowest BCUT2D eigenvalue weighted by Gasteiger charge is -2.25.